The molecule has 2 saturated heterocycles. The van der Waals surface area contributed by atoms with Gasteiger partial charge in [0.05, 0.1) is 4.90 Å². The van der Waals surface area contributed by atoms with Crippen LogP contribution in [0.4, 0.5) is 0 Å². The summed E-state index contributed by atoms with van der Waals surface area (Å²) >= 11 is 0. The first kappa shape index (κ1) is 24.5. The number of hydrogen-bond donors (Lipinski definition) is 0. The zero-order valence-electron chi connectivity index (χ0n) is 19.2. The topological polar surface area (TPSA) is 78.0 Å². The Balaban J connectivity index is 1.49. The molecule has 8 heteroatoms. The van der Waals surface area contributed by atoms with Gasteiger partial charge in [-0.3, -0.25) is 9.59 Å². The molecule has 0 N–H and O–H groups in total. The minimum atomic E-state index is -3.48. The van der Waals surface area contributed by atoms with Crippen LogP contribution in [-0.2, 0) is 19.6 Å². The third kappa shape index (κ3) is 5.98. The molecular formula is C24H35N3O4S. The maximum atomic E-state index is 12.6. The predicted octanol–water partition coefficient (Wildman–Crippen LogP) is 2.98. The van der Waals surface area contributed by atoms with Gasteiger partial charge in [-0.15, -0.1) is 0 Å². The van der Waals surface area contributed by atoms with Crippen LogP contribution in [0.1, 0.15) is 51.5 Å². The molecule has 1 aromatic rings. The van der Waals surface area contributed by atoms with E-state index in [1.165, 1.54) is 4.31 Å². The van der Waals surface area contributed by atoms with Gasteiger partial charge < -0.3 is 9.80 Å². The second-order valence-corrected chi connectivity index (χ2v) is 10.5. The van der Waals surface area contributed by atoms with Gasteiger partial charge in [-0.25, -0.2) is 8.42 Å². The van der Waals surface area contributed by atoms with Crippen molar-refractivity contribution >= 4 is 27.9 Å². The number of hydrogen-bond acceptors (Lipinski definition) is 4. The van der Waals surface area contributed by atoms with Crippen LogP contribution in [-0.4, -0.2) is 73.6 Å². The number of sulfonamides is 1. The van der Waals surface area contributed by atoms with Gasteiger partial charge in [0.15, 0.2) is 0 Å². The molecule has 0 unspecified atom stereocenters. The molecule has 2 heterocycles. The van der Waals surface area contributed by atoms with Crippen molar-refractivity contribution in [2.45, 2.75) is 50.8 Å². The molecule has 2 amide bonds. The summed E-state index contributed by atoms with van der Waals surface area (Å²) in [6, 6.07) is 6.61. The largest absolute Gasteiger partial charge is 0.343 e. The highest BCUT2D eigenvalue weighted by atomic mass is 32.2. The van der Waals surface area contributed by atoms with Crippen LogP contribution in [0.3, 0.4) is 0 Å². The quantitative estimate of drug-likeness (QED) is 0.558. The summed E-state index contributed by atoms with van der Waals surface area (Å²) in [5, 5.41) is 0. The normalized spacial score (nSPS) is 18.1. The van der Waals surface area contributed by atoms with Crippen molar-refractivity contribution in [2.24, 2.45) is 5.92 Å². The van der Waals surface area contributed by atoms with E-state index in [4.69, 9.17) is 0 Å². The maximum Gasteiger partial charge on any atom is 0.246 e. The van der Waals surface area contributed by atoms with Gasteiger partial charge in [-0.05, 0) is 55.4 Å². The standard InChI is InChI=1S/C24H35N3O4S/c1-3-27(4-2)32(30,31)22-10-7-20(8-11-22)9-12-23(28)26-17-13-21(14-18-26)19-24(29)25-15-5-6-16-25/h7-12,21H,3-6,13-19H2,1-2H3/b12-9+. The highest BCUT2D eigenvalue weighted by Gasteiger charge is 2.26. The van der Waals surface area contributed by atoms with Crippen molar-refractivity contribution < 1.29 is 18.0 Å². The van der Waals surface area contributed by atoms with E-state index in [-0.39, 0.29) is 16.7 Å². The lowest BCUT2D eigenvalue weighted by Crippen LogP contribution is -2.39. The summed E-state index contributed by atoms with van der Waals surface area (Å²) in [6.07, 6.45) is 7.80. The Bertz CT molecular complexity index is 909. The Hall–Kier alpha value is -2.19. The third-order valence-corrected chi connectivity index (χ3v) is 8.55. The molecule has 2 aliphatic heterocycles. The highest BCUT2D eigenvalue weighted by Crippen LogP contribution is 2.23. The van der Waals surface area contributed by atoms with Crippen molar-refractivity contribution in [3.8, 4) is 0 Å². The van der Waals surface area contributed by atoms with E-state index in [0.717, 1.165) is 44.3 Å². The Morgan fingerprint density at radius 3 is 2.12 bits per heavy atom. The van der Waals surface area contributed by atoms with E-state index in [0.29, 0.717) is 38.5 Å². The fraction of sp³-hybridized carbons (Fsp3) is 0.583. The number of amides is 2. The molecule has 0 spiro atoms. The first-order chi connectivity index (χ1) is 15.3. The van der Waals surface area contributed by atoms with Crippen molar-refractivity contribution in [3.05, 3.63) is 35.9 Å². The second kappa shape index (κ2) is 11.1. The molecule has 0 atom stereocenters. The van der Waals surface area contributed by atoms with Gasteiger partial charge in [-0.2, -0.15) is 4.31 Å². The van der Waals surface area contributed by atoms with Crippen molar-refractivity contribution in [1.82, 2.24) is 14.1 Å². The van der Waals surface area contributed by atoms with Crippen LogP contribution < -0.4 is 0 Å². The first-order valence-electron chi connectivity index (χ1n) is 11.7. The average Bonchev–Trinajstić information content (AvgIpc) is 3.34. The Morgan fingerprint density at radius 1 is 0.969 bits per heavy atom. The fourth-order valence-electron chi connectivity index (χ4n) is 4.44. The molecule has 7 nitrogen and oxygen atoms in total. The fourth-order valence-corrected chi connectivity index (χ4v) is 5.89. The molecule has 0 aliphatic carbocycles. The molecule has 1 aromatic carbocycles. The third-order valence-electron chi connectivity index (χ3n) is 6.49. The lowest BCUT2D eigenvalue weighted by Gasteiger charge is -2.31. The van der Waals surface area contributed by atoms with Crippen LogP contribution in [0.15, 0.2) is 35.2 Å². The van der Waals surface area contributed by atoms with Crippen LogP contribution in [0.5, 0.6) is 0 Å². The second-order valence-electron chi connectivity index (χ2n) is 8.55. The zero-order valence-corrected chi connectivity index (χ0v) is 20.0. The summed E-state index contributed by atoms with van der Waals surface area (Å²) < 4.78 is 26.6. The average molecular weight is 462 g/mol. The van der Waals surface area contributed by atoms with E-state index in [9.17, 15) is 18.0 Å². The molecule has 3 rings (SSSR count). The van der Waals surface area contributed by atoms with Crippen LogP contribution in [0, 0.1) is 5.92 Å². The molecule has 176 valence electrons. The minimum absolute atomic E-state index is 0.0471. The monoisotopic (exact) mass is 461 g/mol. The number of likely N-dealkylation sites (tertiary alicyclic amines) is 2. The van der Waals surface area contributed by atoms with Crippen molar-refractivity contribution in [1.29, 1.82) is 0 Å². The molecule has 0 saturated carbocycles. The lowest BCUT2D eigenvalue weighted by molar-refractivity contribution is -0.131. The Kier molecular flexibility index (Phi) is 8.48. The summed E-state index contributed by atoms with van der Waals surface area (Å²) in [4.78, 5) is 29.0. The van der Waals surface area contributed by atoms with Gasteiger partial charge in [0.2, 0.25) is 21.8 Å². The van der Waals surface area contributed by atoms with E-state index < -0.39 is 10.0 Å². The maximum absolute atomic E-state index is 12.6. The molecule has 0 radical (unpaired) electrons. The zero-order chi connectivity index (χ0) is 23.1. The van der Waals surface area contributed by atoms with Gasteiger partial charge >= 0.3 is 0 Å². The van der Waals surface area contributed by atoms with Crippen LogP contribution >= 0.6 is 0 Å². The number of benzene rings is 1. The minimum Gasteiger partial charge on any atom is -0.343 e. The molecule has 0 aromatic heterocycles. The van der Waals surface area contributed by atoms with Gasteiger partial charge in [0.25, 0.3) is 0 Å². The lowest BCUT2D eigenvalue weighted by atomic mass is 9.93. The number of carbonyl (C=O) groups excluding carboxylic acids is 2. The molecule has 0 bridgehead atoms. The van der Waals surface area contributed by atoms with Gasteiger partial charge in [-0.1, -0.05) is 26.0 Å². The van der Waals surface area contributed by atoms with E-state index in [1.54, 1.807) is 36.4 Å². The number of piperidine rings is 1. The van der Waals surface area contributed by atoms with Crippen LogP contribution in [0.2, 0.25) is 0 Å². The number of carbonyl (C=O) groups is 2. The van der Waals surface area contributed by atoms with Crippen LogP contribution in [0.25, 0.3) is 6.08 Å². The summed E-state index contributed by atoms with van der Waals surface area (Å²) in [7, 11) is -3.48. The Morgan fingerprint density at radius 2 is 1.56 bits per heavy atom. The van der Waals surface area contributed by atoms with Crippen molar-refractivity contribution in [2.75, 3.05) is 39.3 Å². The molecular weight excluding hydrogens is 426 g/mol. The summed E-state index contributed by atoms with van der Waals surface area (Å²) in [5.74, 6) is 0.573. The number of rotatable bonds is 8. The van der Waals surface area contributed by atoms with E-state index in [1.807, 2.05) is 23.6 Å². The van der Waals surface area contributed by atoms with Crippen molar-refractivity contribution in [3.63, 3.8) is 0 Å². The molecule has 32 heavy (non-hydrogen) atoms. The molecule has 2 aliphatic rings. The van der Waals surface area contributed by atoms with Gasteiger partial charge in [0.1, 0.15) is 0 Å². The molecule has 2 fully saturated rings. The number of nitrogens with zero attached hydrogens (tertiary/aromatic N) is 3. The highest BCUT2D eigenvalue weighted by molar-refractivity contribution is 7.89. The van der Waals surface area contributed by atoms with Gasteiger partial charge in [0, 0.05) is 51.8 Å². The van der Waals surface area contributed by atoms with E-state index >= 15 is 0 Å². The smallest absolute Gasteiger partial charge is 0.246 e. The van der Waals surface area contributed by atoms with E-state index in [2.05, 4.69) is 0 Å². The Labute approximate surface area is 192 Å². The first-order valence-corrected chi connectivity index (χ1v) is 13.1. The summed E-state index contributed by atoms with van der Waals surface area (Å²) in [6.45, 7) is 7.61. The predicted molar refractivity (Wildman–Crippen MR) is 125 cm³/mol. The SMILES string of the molecule is CCN(CC)S(=O)(=O)c1ccc(/C=C/C(=O)N2CCC(CC(=O)N3CCCC3)CC2)cc1. The summed E-state index contributed by atoms with van der Waals surface area (Å²) in [5.41, 5.74) is 0.781.